The maximum Gasteiger partial charge on any atom is 0.332 e. The zero-order chi connectivity index (χ0) is 16.7. The highest BCUT2D eigenvalue weighted by atomic mass is 16.6. The van der Waals surface area contributed by atoms with Crippen LogP contribution in [0.4, 0.5) is 5.69 Å². The van der Waals surface area contributed by atoms with E-state index in [0.29, 0.717) is 17.9 Å². The van der Waals surface area contributed by atoms with E-state index in [-0.39, 0.29) is 18.6 Å². The molecule has 2 N–H and O–H groups in total. The molecule has 124 valence electrons. The number of nitrogens with one attached hydrogen (secondary N) is 2. The fraction of sp³-hybridized carbons (Fsp3) is 0.438. The molecule has 0 spiro atoms. The smallest absolute Gasteiger partial charge is 0.332 e. The summed E-state index contributed by atoms with van der Waals surface area (Å²) in [5.74, 6) is -1.35. The summed E-state index contributed by atoms with van der Waals surface area (Å²) >= 11 is 0. The molecule has 0 aromatic heterocycles. The van der Waals surface area contributed by atoms with Gasteiger partial charge in [-0.1, -0.05) is 12.1 Å². The van der Waals surface area contributed by atoms with Crippen molar-refractivity contribution < 1.29 is 23.9 Å². The van der Waals surface area contributed by atoms with Gasteiger partial charge >= 0.3 is 5.97 Å². The molecule has 1 aliphatic rings. The molecule has 23 heavy (non-hydrogen) atoms. The molecule has 0 aliphatic heterocycles. The van der Waals surface area contributed by atoms with Crippen LogP contribution in [-0.2, 0) is 19.1 Å². The van der Waals surface area contributed by atoms with Crippen LogP contribution in [0.1, 0.15) is 30.1 Å². The Morgan fingerprint density at radius 1 is 1.17 bits per heavy atom. The second-order valence-electron chi connectivity index (χ2n) is 5.14. The maximum atomic E-state index is 12.1. The summed E-state index contributed by atoms with van der Waals surface area (Å²) in [6.07, 6.45) is 1.96. The van der Waals surface area contributed by atoms with Gasteiger partial charge in [-0.2, -0.15) is 0 Å². The van der Waals surface area contributed by atoms with Gasteiger partial charge in [0, 0.05) is 12.6 Å². The minimum atomic E-state index is -0.609. The first kappa shape index (κ1) is 17.0. The van der Waals surface area contributed by atoms with Crippen molar-refractivity contribution in [2.75, 3.05) is 25.1 Å². The molecule has 1 fully saturated rings. The van der Waals surface area contributed by atoms with Crippen molar-refractivity contribution in [3.05, 3.63) is 29.8 Å². The normalized spacial score (nSPS) is 13.3. The Morgan fingerprint density at radius 2 is 1.91 bits per heavy atom. The van der Waals surface area contributed by atoms with Gasteiger partial charge in [0.1, 0.15) is 6.61 Å². The van der Waals surface area contributed by atoms with E-state index in [0.717, 1.165) is 12.8 Å². The zero-order valence-corrected chi connectivity index (χ0v) is 13.0. The molecule has 7 nitrogen and oxygen atoms in total. The lowest BCUT2D eigenvalue weighted by Crippen LogP contribution is -2.28. The second-order valence-corrected chi connectivity index (χ2v) is 5.14. The zero-order valence-electron chi connectivity index (χ0n) is 13.0. The van der Waals surface area contributed by atoms with E-state index >= 15 is 0 Å². The molecule has 0 bridgehead atoms. The van der Waals surface area contributed by atoms with Gasteiger partial charge in [0.25, 0.3) is 11.8 Å². The number of rotatable bonds is 8. The van der Waals surface area contributed by atoms with Gasteiger partial charge in [-0.3, -0.25) is 9.59 Å². The summed E-state index contributed by atoms with van der Waals surface area (Å²) in [5, 5.41) is 5.44. The summed E-state index contributed by atoms with van der Waals surface area (Å²) < 4.78 is 9.66. The number of esters is 1. The van der Waals surface area contributed by atoms with Gasteiger partial charge in [0.15, 0.2) is 6.61 Å². The molecule has 2 rings (SSSR count). The minimum absolute atomic E-state index is 0.190. The molecule has 1 aromatic carbocycles. The number of benzene rings is 1. The quantitative estimate of drug-likeness (QED) is 0.700. The number of hydrogen-bond donors (Lipinski definition) is 2. The van der Waals surface area contributed by atoms with Crippen LogP contribution in [0.5, 0.6) is 0 Å². The fourth-order valence-corrected chi connectivity index (χ4v) is 1.84. The molecule has 1 aromatic rings. The van der Waals surface area contributed by atoms with E-state index in [1.807, 2.05) is 0 Å². The Balaban J connectivity index is 1.87. The van der Waals surface area contributed by atoms with Crippen LogP contribution in [0, 0.1) is 0 Å². The highest BCUT2D eigenvalue weighted by Crippen LogP contribution is 2.21. The molecule has 0 unspecified atom stereocenters. The van der Waals surface area contributed by atoms with Crippen molar-refractivity contribution in [3.63, 3.8) is 0 Å². The Morgan fingerprint density at radius 3 is 2.61 bits per heavy atom. The average molecular weight is 320 g/mol. The van der Waals surface area contributed by atoms with Gasteiger partial charge < -0.3 is 20.1 Å². The molecule has 2 amide bonds. The maximum absolute atomic E-state index is 12.1. The fourth-order valence-electron chi connectivity index (χ4n) is 1.84. The summed E-state index contributed by atoms with van der Waals surface area (Å²) in [6.45, 7) is 1.53. The monoisotopic (exact) mass is 320 g/mol. The lowest BCUT2D eigenvalue weighted by molar-refractivity contribution is -0.151. The van der Waals surface area contributed by atoms with Gasteiger partial charge in [0.2, 0.25) is 0 Å². The molecule has 0 radical (unpaired) electrons. The summed E-state index contributed by atoms with van der Waals surface area (Å²) in [4.78, 5) is 35.2. The van der Waals surface area contributed by atoms with E-state index in [1.165, 1.54) is 0 Å². The highest BCUT2D eigenvalue weighted by molar-refractivity contribution is 6.04. The van der Waals surface area contributed by atoms with Crippen molar-refractivity contribution >= 4 is 23.5 Å². The van der Waals surface area contributed by atoms with Gasteiger partial charge in [-0.15, -0.1) is 0 Å². The van der Waals surface area contributed by atoms with E-state index in [4.69, 9.17) is 9.47 Å². The van der Waals surface area contributed by atoms with Crippen LogP contribution in [0.15, 0.2) is 24.3 Å². The highest BCUT2D eigenvalue weighted by Gasteiger charge is 2.25. The Labute approximate surface area is 134 Å². The number of carbonyl (C=O) groups is 3. The molecule has 0 atom stereocenters. The Kier molecular flexibility index (Phi) is 6.10. The molecule has 1 aliphatic carbocycles. The third kappa shape index (κ3) is 5.71. The van der Waals surface area contributed by atoms with Crippen LogP contribution in [0.3, 0.4) is 0 Å². The number of amides is 2. The number of para-hydroxylation sites is 1. The van der Waals surface area contributed by atoms with Crippen LogP contribution in [0.25, 0.3) is 0 Å². The first-order chi connectivity index (χ1) is 11.1. The number of hydrogen-bond acceptors (Lipinski definition) is 5. The third-order valence-electron chi connectivity index (χ3n) is 3.15. The average Bonchev–Trinajstić information content (AvgIpc) is 3.35. The summed E-state index contributed by atoms with van der Waals surface area (Å²) in [5.41, 5.74) is 0.768. The predicted octanol–water partition coefficient (Wildman–Crippen LogP) is 1.10. The second kappa shape index (κ2) is 8.28. The molecule has 0 saturated heterocycles. The predicted molar refractivity (Wildman–Crippen MR) is 83.0 cm³/mol. The van der Waals surface area contributed by atoms with Crippen LogP contribution in [-0.4, -0.2) is 43.6 Å². The Hall–Kier alpha value is -2.41. The SMILES string of the molecule is CCOCC(=O)OCC(=O)Nc1ccccc1C(=O)NC1CC1. The number of carbonyl (C=O) groups excluding carboxylic acids is 3. The lowest BCUT2D eigenvalue weighted by atomic mass is 10.1. The van der Waals surface area contributed by atoms with Gasteiger partial charge in [-0.25, -0.2) is 4.79 Å². The molecule has 7 heteroatoms. The first-order valence-electron chi connectivity index (χ1n) is 7.53. The first-order valence-corrected chi connectivity index (χ1v) is 7.53. The van der Waals surface area contributed by atoms with Crippen molar-refractivity contribution in [1.29, 1.82) is 0 Å². The van der Waals surface area contributed by atoms with Crippen LogP contribution >= 0.6 is 0 Å². The van der Waals surface area contributed by atoms with E-state index in [2.05, 4.69) is 10.6 Å². The molecular weight excluding hydrogens is 300 g/mol. The van der Waals surface area contributed by atoms with Gasteiger partial charge in [-0.05, 0) is 31.9 Å². The van der Waals surface area contributed by atoms with Crippen LogP contribution < -0.4 is 10.6 Å². The molecule has 0 heterocycles. The van der Waals surface area contributed by atoms with Crippen molar-refractivity contribution in [2.45, 2.75) is 25.8 Å². The third-order valence-corrected chi connectivity index (χ3v) is 3.15. The number of ether oxygens (including phenoxy) is 2. The summed E-state index contributed by atoms with van der Waals surface area (Å²) in [7, 11) is 0. The summed E-state index contributed by atoms with van der Waals surface area (Å²) in [6, 6.07) is 6.92. The van der Waals surface area contributed by atoms with Crippen molar-refractivity contribution in [3.8, 4) is 0 Å². The van der Waals surface area contributed by atoms with E-state index in [9.17, 15) is 14.4 Å². The van der Waals surface area contributed by atoms with Crippen molar-refractivity contribution in [2.24, 2.45) is 0 Å². The topological polar surface area (TPSA) is 93.7 Å². The van der Waals surface area contributed by atoms with E-state index in [1.54, 1.807) is 31.2 Å². The largest absolute Gasteiger partial charge is 0.454 e. The molecule has 1 saturated carbocycles. The van der Waals surface area contributed by atoms with Crippen LogP contribution in [0.2, 0.25) is 0 Å². The lowest BCUT2D eigenvalue weighted by Gasteiger charge is -2.11. The minimum Gasteiger partial charge on any atom is -0.454 e. The number of anilines is 1. The molecular formula is C16H20N2O5. The standard InChI is InChI=1S/C16H20N2O5/c1-2-22-10-15(20)23-9-14(19)18-13-6-4-3-5-12(13)16(21)17-11-7-8-11/h3-6,11H,2,7-10H2,1H3,(H,17,21)(H,18,19). The van der Waals surface area contributed by atoms with Crippen molar-refractivity contribution in [1.82, 2.24) is 5.32 Å². The van der Waals surface area contributed by atoms with E-state index < -0.39 is 18.5 Å². The Bertz CT molecular complexity index is 584. The van der Waals surface area contributed by atoms with Gasteiger partial charge in [0.05, 0.1) is 11.3 Å².